The van der Waals surface area contributed by atoms with Gasteiger partial charge in [-0.15, -0.1) is 21.5 Å². The van der Waals surface area contributed by atoms with Crippen molar-refractivity contribution in [2.24, 2.45) is 0 Å². The lowest BCUT2D eigenvalue weighted by atomic mass is 10.1. The lowest BCUT2D eigenvalue weighted by molar-refractivity contribution is -0.121. The first-order valence-electron chi connectivity index (χ1n) is 23.9. The van der Waals surface area contributed by atoms with E-state index in [-0.39, 0.29) is 17.4 Å². The molecule has 5 aromatic rings. The number of aromatic nitrogens is 7. The standard InChI is InChI=1S/C48H66N12O3S/c1-3-36-29-40-41(54-47(36)62)28-35(30-51-40)32-57-24-26-58(27-25-57)37-18-19-39(52-31-37)48(63)50-20-10-6-4-5-9-17-44(61)49-21-12-14-38-34(2)64-45(53-38)33-59-22-13-15-42(59)46-56-55-43-16-8-7-11-23-60(43)46/h18-19,28-31,42H,3-17,20-27,32-33H2,1-2H3,(H,49,61)(H,50,63)(H,54,62)/t42-/m0/s1. The minimum absolute atomic E-state index is 0.0418. The van der Waals surface area contributed by atoms with Gasteiger partial charge in [0.25, 0.3) is 11.5 Å². The number of carbonyl (C=O) groups excluding carboxylic acids is 2. The van der Waals surface area contributed by atoms with E-state index < -0.39 is 0 Å². The molecule has 8 rings (SSSR count). The third-order valence-electron chi connectivity index (χ3n) is 13.2. The SMILES string of the molecule is CCc1cc2ncc(CN3CCN(c4ccc(C(=O)NCCCCCCCC(=O)NCCCc5nc(CN6CCC[C@H]6c6nnc7n6CCCCC7)sc5C)nc4)CC3)cc2[nH]c1=O. The fourth-order valence-corrected chi connectivity index (χ4v) is 10.5. The Morgan fingerprint density at radius 2 is 1.70 bits per heavy atom. The lowest BCUT2D eigenvalue weighted by Gasteiger charge is -2.36. The van der Waals surface area contributed by atoms with Crippen LogP contribution in [0, 0.1) is 6.92 Å². The van der Waals surface area contributed by atoms with Crippen molar-refractivity contribution in [1.82, 2.24) is 55.1 Å². The largest absolute Gasteiger partial charge is 0.368 e. The molecule has 2 fully saturated rings. The molecular weight excluding hydrogens is 825 g/mol. The number of pyridine rings is 3. The molecule has 0 saturated carbocycles. The topological polar surface area (TPSA) is 170 Å². The van der Waals surface area contributed by atoms with Crippen molar-refractivity contribution in [3.05, 3.63) is 91.1 Å². The number of H-pyrrole nitrogens is 1. The van der Waals surface area contributed by atoms with Crippen LogP contribution < -0.4 is 21.1 Å². The van der Waals surface area contributed by atoms with Crippen LogP contribution in [0.15, 0.2) is 41.5 Å². The van der Waals surface area contributed by atoms with Crippen LogP contribution in [0.4, 0.5) is 5.69 Å². The van der Waals surface area contributed by atoms with E-state index in [1.54, 1.807) is 6.20 Å². The number of fused-ring (bicyclic) bond motifs is 2. The zero-order chi connectivity index (χ0) is 44.3. The first-order valence-corrected chi connectivity index (χ1v) is 24.7. The van der Waals surface area contributed by atoms with Gasteiger partial charge in [-0.3, -0.25) is 29.2 Å². The highest BCUT2D eigenvalue weighted by Gasteiger charge is 2.32. The number of thiazole rings is 1. The number of likely N-dealkylation sites (tertiary alicyclic amines) is 1. The molecule has 0 radical (unpaired) electrons. The molecule has 1 atom stereocenters. The second-order valence-corrected chi connectivity index (χ2v) is 19.1. The van der Waals surface area contributed by atoms with E-state index in [1.807, 2.05) is 48.7 Å². The minimum atomic E-state index is -0.151. The highest BCUT2D eigenvalue weighted by atomic mass is 32.1. The summed E-state index contributed by atoms with van der Waals surface area (Å²) in [5.41, 5.74) is 5.99. The van der Waals surface area contributed by atoms with Gasteiger partial charge in [-0.2, -0.15) is 0 Å². The predicted octanol–water partition coefficient (Wildman–Crippen LogP) is 6.44. The molecule has 16 heteroatoms. The maximum atomic E-state index is 12.8. The van der Waals surface area contributed by atoms with Gasteiger partial charge in [0.2, 0.25) is 5.91 Å². The highest BCUT2D eigenvalue weighted by molar-refractivity contribution is 7.11. The van der Waals surface area contributed by atoms with Gasteiger partial charge in [0.1, 0.15) is 22.4 Å². The molecule has 342 valence electrons. The Morgan fingerprint density at radius 3 is 2.55 bits per heavy atom. The normalized spacial score (nSPS) is 17.2. The van der Waals surface area contributed by atoms with Crippen LogP contribution in [-0.2, 0) is 43.7 Å². The zero-order valence-corrected chi connectivity index (χ0v) is 38.7. The first-order chi connectivity index (χ1) is 31.3. The highest BCUT2D eigenvalue weighted by Crippen LogP contribution is 2.34. The Balaban J connectivity index is 0.650. The number of amides is 2. The molecular formula is C48H66N12O3S. The Bertz CT molecular complexity index is 2390. The van der Waals surface area contributed by atoms with Crippen molar-refractivity contribution in [2.45, 2.75) is 136 Å². The Labute approximate surface area is 380 Å². The van der Waals surface area contributed by atoms with E-state index in [4.69, 9.17) is 4.98 Å². The van der Waals surface area contributed by atoms with Crippen molar-refractivity contribution >= 4 is 39.9 Å². The van der Waals surface area contributed by atoms with E-state index in [0.717, 1.165) is 155 Å². The number of nitrogens with zero attached hydrogens (tertiary/aromatic N) is 9. The number of unbranched alkanes of at least 4 members (excludes halogenated alkanes) is 4. The Morgan fingerprint density at radius 1 is 0.859 bits per heavy atom. The molecule has 0 unspecified atom stereocenters. The van der Waals surface area contributed by atoms with Gasteiger partial charge < -0.3 is 25.1 Å². The van der Waals surface area contributed by atoms with Gasteiger partial charge in [0.05, 0.1) is 41.2 Å². The van der Waals surface area contributed by atoms with Gasteiger partial charge in [0, 0.05) is 81.8 Å². The van der Waals surface area contributed by atoms with Crippen molar-refractivity contribution < 1.29 is 9.59 Å². The van der Waals surface area contributed by atoms with Crippen LogP contribution in [0.3, 0.4) is 0 Å². The monoisotopic (exact) mass is 891 g/mol. The van der Waals surface area contributed by atoms with Crippen molar-refractivity contribution in [1.29, 1.82) is 0 Å². The van der Waals surface area contributed by atoms with Crippen LogP contribution in [0.2, 0.25) is 0 Å². The summed E-state index contributed by atoms with van der Waals surface area (Å²) in [6, 6.07) is 8.03. The van der Waals surface area contributed by atoms with E-state index >= 15 is 0 Å². The average molecular weight is 891 g/mol. The summed E-state index contributed by atoms with van der Waals surface area (Å²) in [5.74, 6) is 2.28. The molecule has 15 nitrogen and oxygen atoms in total. The fourth-order valence-electron chi connectivity index (χ4n) is 9.47. The van der Waals surface area contributed by atoms with Crippen molar-refractivity contribution in [2.75, 3.05) is 50.7 Å². The maximum Gasteiger partial charge on any atom is 0.269 e. The molecule has 0 bridgehead atoms. The van der Waals surface area contributed by atoms with Gasteiger partial charge >= 0.3 is 0 Å². The molecule has 3 N–H and O–H groups in total. The molecule has 0 aromatic carbocycles. The number of carbonyl (C=O) groups is 2. The number of piperazine rings is 1. The van der Waals surface area contributed by atoms with E-state index in [9.17, 15) is 14.4 Å². The average Bonchev–Trinajstić information content (AvgIpc) is 3.98. The predicted molar refractivity (Wildman–Crippen MR) is 252 cm³/mol. The Hall–Kier alpha value is -5.06. The third kappa shape index (κ3) is 11.8. The van der Waals surface area contributed by atoms with Gasteiger partial charge in [-0.05, 0) is 101 Å². The number of aryl methyl sites for hydroxylation is 4. The summed E-state index contributed by atoms with van der Waals surface area (Å²) in [4.78, 5) is 63.2. The summed E-state index contributed by atoms with van der Waals surface area (Å²) in [6.45, 7) is 12.7. The molecule has 2 saturated heterocycles. The van der Waals surface area contributed by atoms with Crippen LogP contribution in [-0.4, -0.2) is 102 Å². The van der Waals surface area contributed by atoms with E-state index in [0.29, 0.717) is 37.7 Å². The smallest absolute Gasteiger partial charge is 0.269 e. The number of hydrogen-bond donors (Lipinski definition) is 3. The van der Waals surface area contributed by atoms with Gasteiger partial charge in [-0.1, -0.05) is 32.6 Å². The molecule has 0 spiro atoms. The number of anilines is 1. The second kappa shape index (κ2) is 22.2. The van der Waals surface area contributed by atoms with Crippen molar-refractivity contribution in [3.8, 4) is 0 Å². The molecule has 5 aromatic heterocycles. The fraction of sp³-hybridized carbons (Fsp3) is 0.583. The van der Waals surface area contributed by atoms with Crippen LogP contribution in [0.5, 0.6) is 0 Å². The van der Waals surface area contributed by atoms with Crippen LogP contribution in [0.1, 0.15) is 139 Å². The molecule has 8 heterocycles. The van der Waals surface area contributed by atoms with Crippen LogP contribution >= 0.6 is 11.3 Å². The van der Waals surface area contributed by atoms with Crippen molar-refractivity contribution in [3.63, 3.8) is 0 Å². The third-order valence-corrected chi connectivity index (χ3v) is 14.2. The van der Waals surface area contributed by atoms with E-state index in [1.165, 1.54) is 35.6 Å². The van der Waals surface area contributed by atoms with Crippen LogP contribution in [0.25, 0.3) is 11.0 Å². The number of rotatable bonds is 20. The molecule has 3 aliphatic rings. The quantitative estimate of drug-likeness (QED) is 0.0736. The number of aromatic amines is 1. The minimum Gasteiger partial charge on any atom is -0.368 e. The van der Waals surface area contributed by atoms with Gasteiger partial charge in [-0.25, -0.2) is 9.97 Å². The molecule has 2 amide bonds. The summed E-state index contributed by atoms with van der Waals surface area (Å²) >= 11 is 1.81. The Kier molecular flexibility index (Phi) is 15.8. The first kappa shape index (κ1) is 45.5. The second-order valence-electron chi connectivity index (χ2n) is 17.8. The van der Waals surface area contributed by atoms with E-state index in [2.05, 4.69) is 62.0 Å². The summed E-state index contributed by atoms with van der Waals surface area (Å²) in [5, 5.41) is 16.5. The molecule has 0 aliphatic carbocycles. The summed E-state index contributed by atoms with van der Waals surface area (Å²) in [7, 11) is 0. The number of nitrogens with one attached hydrogen (secondary N) is 3. The summed E-state index contributed by atoms with van der Waals surface area (Å²) in [6.07, 6.45) is 18.5. The lowest BCUT2D eigenvalue weighted by Crippen LogP contribution is -2.46. The van der Waals surface area contributed by atoms with Gasteiger partial charge in [0.15, 0.2) is 0 Å². The zero-order valence-electron chi connectivity index (χ0n) is 37.9. The molecule has 64 heavy (non-hydrogen) atoms. The summed E-state index contributed by atoms with van der Waals surface area (Å²) < 4.78 is 2.40. The number of hydrogen-bond acceptors (Lipinski definition) is 12. The maximum absolute atomic E-state index is 12.8. The molecule has 3 aliphatic heterocycles.